The standard InChI is InChI=1S/C26H34BrF5N4O4/c27-13-10-16(25(39)35-6-8-40-9-7-35)22(17(11-13)26(30,31)32)36-5-4-14(12-36)33-23(37)19-15-2-1-3-18(28)21(15)34-24(38)20(19)29/h13-18,21-22H,1-12H2,(H,33,37)(H,34,38)/t13?,14-,15?,16?,17?,18?,21?,22?/m1/s1. The van der Waals surface area contributed by atoms with Crippen LogP contribution in [-0.2, 0) is 19.1 Å². The third-order valence-electron chi connectivity index (χ3n) is 9.05. The first-order valence-electron chi connectivity index (χ1n) is 13.9. The molecule has 4 fully saturated rings. The first kappa shape index (κ1) is 29.7. The van der Waals surface area contributed by atoms with Crippen molar-refractivity contribution in [1.29, 1.82) is 0 Å². The summed E-state index contributed by atoms with van der Waals surface area (Å²) in [5.41, 5.74) is -0.386. The van der Waals surface area contributed by atoms with Crippen molar-refractivity contribution in [2.75, 3.05) is 39.4 Å². The fraction of sp³-hybridized carbons (Fsp3) is 0.808. The lowest BCUT2D eigenvalue weighted by Gasteiger charge is -2.46. The fourth-order valence-electron chi connectivity index (χ4n) is 7.17. The van der Waals surface area contributed by atoms with Gasteiger partial charge in [-0.25, -0.2) is 8.78 Å². The van der Waals surface area contributed by atoms with Crippen LogP contribution in [0.1, 0.15) is 38.5 Å². The number of fused-ring (bicyclic) bond motifs is 1. The van der Waals surface area contributed by atoms with Crippen LogP contribution in [0, 0.1) is 17.8 Å². The Morgan fingerprint density at radius 3 is 2.50 bits per heavy atom. The first-order chi connectivity index (χ1) is 19.0. The highest BCUT2D eigenvalue weighted by Crippen LogP contribution is 2.46. The van der Waals surface area contributed by atoms with Gasteiger partial charge in [-0.05, 0) is 38.5 Å². The molecule has 3 aliphatic heterocycles. The van der Waals surface area contributed by atoms with Gasteiger partial charge >= 0.3 is 6.18 Å². The molecule has 0 bridgehead atoms. The van der Waals surface area contributed by atoms with E-state index in [4.69, 9.17) is 4.74 Å². The van der Waals surface area contributed by atoms with Gasteiger partial charge in [0.1, 0.15) is 6.17 Å². The summed E-state index contributed by atoms with van der Waals surface area (Å²) < 4.78 is 77.7. The molecule has 0 aromatic heterocycles. The van der Waals surface area contributed by atoms with Crippen LogP contribution in [0.2, 0.25) is 0 Å². The van der Waals surface area contributed by atoms with Gasteiger partial charge in [-0.2, -0.15) is 13.2 Å². The highest BCUT2D eigenvalue weighted by Gasteiger charge is 2.56. The molecule has 0 radical (unpaired) electrons. The molecule has 3 heterocycles. The van der Waals surface area contributed by atoms with Crippen LogP contribution in [0.3, 0.4) is 0 Å². The Bertz CT molecular complexity index is 1040. The molecule has 0 aromatic rings. The molecule has 5 rings (SSSR count). The molecule has 224 valence electrons. The topological polar surface area (TPSA) is 91.0 Å². The van der Waals surface area contributed by atoms with Crippen molar-refractivity contribution in [2.45, 2.75) is 73.8 Å². The van der Waals surface area contributed by atoms with Gasteiger partial charge in [0.05, 0.1) is 36.7 Å². The van der Waals surface area contributed by atoms with Gasteiger partial charge in [0.25, 0.3) is 11.8 Å². The molecule has 2 saturated carbocycles. The Morgan fingerprint density at radius 1 is 1.07 bits per heavy atom. The van der Waals surface area contributed by atoms with E-state index in [1.54, 1.807) is 9.80 Å². The first-order valence-corrected chi connectivity index (χ1v) is 14.8. The SMILES string of the molecule is O=C1NC2C(F)CCCC2C(C(=O)N[C@@H]2CCN(C3C(C(=O)N4CCOCC4)CC(Br)CC3C(F)(F)F)C2)=C1F. The van der Waals surface area contributed by atoms with Crippen LogP contribution in [-0.4, -0.2) is 102 Å². The maximum absolute atomic E-state index is 14.9. The number of nitrogens with zero attached hydrogens (tertiary/aromatic N) is 2. The predicted octanol–water partition coefficient (Wildman–Crippen LogP) is 2.62. The van der Waals surface area contributed by atoms with E-state index in [1.165, 1.54) is 0 Å². The predicted molar refractivity (Wildman–Crippen MR) is 137 cm³/mol. The number of alkyl halides is 5. The number of halogens is 6. The second-order valence-corrected chi connectivity index (χ2v) is 12.8. The summed E-state index contributed by atoms with van der Waals surface area (Å²) in [5.74, 6) is -6.99. The Balaban J connectivity index is 1.33. The molecule has 3 amide bonds. The molecule has 0 aromatic carbocycles. The summed E-state index contributed by atoms with van der Waals surface area (Å²) in [5, 5.41) is 5.03. The van der Waals surface area contributed by atoms with Crippen LogP contribution in [0.15, 0.2) is 11.4 Å². The van der Waals surface area contributed by atoms with Crippen LogP contribution in [0.5, 0.6) is 0 Å². The second-order valence-electron chi connectivity index (χ2n) is 11.5. The molecule has 2 N–H and O–H groups in total. The van der Waals surface area contributed by atoms with Crippen molar-refractivity contribution in [2.24, 2.45) is 17.8 Å². The van der Waals surface area contributed by atoms with Gasteiger partial charge in [-0.15, -0.1) is 0 Å². The average molecular weight is 641 g/mol. The maximum Gasteiger partial charge on any atom is 0.393 e. The van der Waals surface area contributed by atoms with Crippen LogP contribution >= 0.6 is 15.9 Å². The zero-order valence-corrected chi connectivity index (χ0v) is 23.5. The van der Waals surface area contributed by atoms with E-state index in [9.17, 15) is 36.3 Å². The average Bonchev–Trinajstić information content (AvgIpc) is 3.37. The lowest BCUT2D eigenvalue weighted by atomic mass is 9.74. The molecule has 14 heteroatoms. The van der Waals surface area contributed by atoms with Crippen molar-refractivity contribution in [1.82, 2.24) is 20.4 Å². The summed E-state index contributed by atoms with van der Waals surface area (Å²) >= 11 is 3.35. The molecule has 2 aliphatic carbocycles. The smallest absolute Gasteiger partial charge is 0.378 e. The molecule has 8 atom stereocenters. The summed E-state index contributed by atoms with van der Waals surface area (Å²) in [6, 6.07) is -2.71. The van der Waals surface area contributed by atoms with Gasteiger partial charge in [-0.3, -0.25) is 19.3 Å². The van der Waals surface area contributed by atoms with Crippen LogP contribution in [0.4, 0.5) is 22.0 Å². The van der Waals surface area contributed by atoms with E-state index < -0.39 is 70.7 Å². The van der Waals surface area contributed by atoms with Gasteiger partial charge in [0, 0.05) is 49.0 Å². The number of nitrogens with one attached hydrogen (secondary N) is 2. The van der Waals surface area contributed by atoms with E-state index >= 15 is 0 Å². The summed E-state index contributed by atoms with van der Waals surface area (Å²) in [6.07, 6.45) is -4.58. The second kappa shape index (κ2) is 11.8. The number of rotatable bonds is 4. The van der Waals surface area contributed by atoms with Gasteiger partial charge < -0.3 is 20.3 Å². The van der Waals surface area contributed by atoms with Gasteiger partial charge in [0.2, 0.25) is 5.91 Å². The lowest BCUT2D eigenvalue weighted by molar-refractivity contribution is -0.205. The number of carbonyl (C=O) groups excluding carboxylic acids is 3. The minimum absolute atomic E-state index is 0.0454. The molecule has 2 saturated heterocycles. The maximum atomic E-state index is 14.9. The number of ether oxygens (including phenoxy) is 1. The van der Waals surface area contributed by atoms with Crippen LogP contribution in [0.25, 0.3) is 0 Å². The fourth-order valence-corrected chi connectivity index (χ4v) is 7.98. The largest absolute Gasteiger partial charge is 0.393 e. The Morgan fingerprint density at radius 2 is 1.80 bits per heavy atom. The van der Waals surface area contributed by atoms with E-state index in [1.807, 2.05) is 0 Å². The van der Waals surface area contributed by atoms with E-state index in [0.29, 0.717) is 45.6 Å². The third-order valence-corrected chi connectivity index (χ3v) is 9.80. The number of morpholine rings is 1. The van der Waals surface area contributed by atoms with Gasteiger partial charge in [-0.1, -0.05) is 15.9 Å². The number of carbonyl (C=O) groups is 3. The van der Waals surface area contributed by atoms with Crippen molar-refractivity contribution < 1.29 is 41.1 Å². The Kier molecular flexibility index (Phi) is 8.78. The Labute approximate surface area is 237 Å². The monoisotopic (exact) mass is 640 g/mol. The molecular formula is C26H34BrF5N4O4. The van der Waals surface area contributed by atoms with Crippen molar-refractivity contribution >= 4 is 33.7 Å². The molecule has 0 spiro atoms. The molecule has 8 nitrogen and oxygen atoms in total. The summed E-state index contributed by atoms with van der Waals surface area (Å²) in [6.45, 7) is 1.56. The Hall–Kier alpha value is -1.80. The molecule has 7 unspecified atom stereocenters. The quantitative estimate of drug-likeness (QED) is 0.364. The van der Waals surface area contributed by atoms with Crippen molar-refractivity contribution in [3.8, 4) is 0 Å². The minimum Gasteiger partial charge on any atom is -0.378 e. The highest BCUT2D eigenvalue weighted by molar-refractivity contribution is 9.09. The highest BCUT2D eigenvalue weighted by atomic mass is 79.9. The van der Waals surface area contributed by atoms with E-state index in [0.717, 1.165) is 0 Å². The molecule has 5 aliphatic rings. The summed E-state index contributed by atoms with van der Waals surface area (Å²) in [4.78, 5) is 41.6. The van der Waals surface area contributed by atoms with E-state index in [-0.39, 0.29) is 43.8 Å². The minimum atomic E-state index is -4.54. The normalized spacial score (nSPS) is 37.6. The third kappa shape index (κ3) is 5.90. The molecular weight excluding hydrogens is 607 g/mol. The van der Waals surface area contributed by atoms with Crippen molar-refractivity contribution in [3.05, 3.63) is 11.4 Å². The zero-order valence-electron chi connectivity index (χ0n) is 21.9. The van der Waals surface area contributed by atoms with Gasteiger partial charge in [0.15, 0.2) is 5.83 Å². The summed E-state index contributed by atoms with van der Waals surface area (Å²) in [7, 11) is 0. The molecule has 40 heavy (non-hydrogen) atoms. The number of hydrogen-bond donors (Lipinski definition) is 2. The number of hydrogen-bond acceptors (Lipinski definition) is 5. The number of amides is 3. The lowest BCUT2D eigenvalue weighted by Crippen LogP contribution is -2.59. The van der Waals surface area contributed by atoms with E-state index in [2.05, 4.69) is 26.6 Å². The van der Waals surface area contributed by atoms with Crippen molar-refractivity contribution in [3.63, 3.8) is 0 Å². The number of likely N-dealkylation sites (tertiary alicyclic amines) is 1. The zero-order chi connectivity index (χ0) is 28.8. The van der Waals surface area contributed by atoms with Crippen LogP contribution < -0.4 is 10.6 Å².